The Labute approximate surface area is 127 Å². The number of aryl methyl sites for hydroxylation is 1. The Balaban J connectivity index is 1.46. The van der Waals surface area contributed by atoms with Gasteiger partial charge in [0.1, 0.15) is 11.9 Å². The third-order valence-electron chi connectivity index (χ3n) is 4.82. The number of benzene rings is 1. The standard InChI is InChI=1S/C18H27NO2/c1-14-6-7-17-15(10-14)11-16(21-17)12-19-13-18(20)8-4-2-3-5-9-18/h6-7,10,16,19-20H,2-5,8-9,11-13H2,1H3. The normalized spacial score (nSPS) is 24.2. The summed E-state index contributed by atoms with van der Waals surface area (Å²) >= 11 is 0. The number of fused-ring (bicyclic) bond motifs is 1. The Morgan fingerprint density at radius 3 is 2.76 bits per heavy atom. The first kappa shape index (κ1) is 14.9. The van der Waals surface area contributed by atoms with E-state index in [0.717, 1.165) is 44.4 Å². The van der Waals surface area contributed by atoms with Crippen LogP contribution >= 0.6 is 0 Å². The summed E-state index contributed by atoms with van der Waals surface area (Å²) in [7, 11) is 0. The molecular formula is C18H27NO2. The van der Waals surface area contributed by atoms with Crippen LogP contribution in [0.2, 0.25) is 0 Å². The molecule has 0 radical (unpaired) electrons. The molecule has 0 spiro atoms. The molecule has 0 aromatic heterocycles. The maximum atomic E-state index is 10.6. The third-order valence-corrected chi connectivity index (χ3v) is 4.82. The number of aliphatic hydroxyl groups is 1. The lowest BCUT2D eigenvalue weighted by atomic mass is 9.94. The van der Waals surface area contributed by atoms with Crippen molar-refractivity contribution in [2.24, 2.45) is 0 Å². The van der Waals surface area contributed by atoms with Crippen LogP contribution < -0.4 is 10.1 Å². The van der Waals surface area contributed by atoms with Gasteiger partial charge in [0, 0.05) is 19.5 Å². The summed E-state index contributed by atoms with van der Waals surface area (Å²) in [5, 5.41) is 14.1. The second-order valence-corrected chi connectivity index (χ2v) is 6.82. The Hall–Kier alpha value is -1.06. The molecule has 0 bridgehead atoms. The number of hydrogen-bond donors (Lipinski definition) is 2. The average Bonchev–Trinajstić information content (AvgIpc) is 2.71. The number of rotatable bonds is 4. The van der Waals surface area contributed by atoms with Crippen molar-refractivity contribution in [1.82, 2.24) is 5.32 Å². The number of nitrogens with one attached hydrogen (secondary N) is 1. The van der Waals surface area contributed by atoms with Crippen molar-refractivity contribution in [2.45, 2.75) is 63.6 Å². The molecular weight excluding hydrogens is 262 g/mol. The highest BCUT2D eigenvalue weighted by molar-refractivity contribution is 5.40. The second kappa shape index (κ2) is 6.37. The van der Waals surface area contributed by atoms with Crippen LogP contribution in [0.3, 0.4) is 0 Å². The summed E-state index contributed by atoms with van der Waals surface area (Å²) in [6, 6.07) is 6.39. The van der Waals surface area contributed by atoms with Gasteiger partial charge in [-0.1, -0.05) is 43.4 Å². The topological polar surface area (TPSA) is 41.5 Å². The van der Waals surface area contributed by atoms with Gasteiger partial charge >= 0.3 is 0 Å². The zero-order chi connectivity index (χ0) is 14.7. The largest absolute Gasteiger partial charge is 0.488 e. The van der Waals surface area contributed by atoms with Crippen LogP contribution in [0, 0.1) is 6.92 Å². The van der Waals surface area contributed by atoms with E-state index in [2.05, 4.69) is 30.4 Å². The van der Waals surface area contributed by atoms with Gasteiger partial charge in [-0.15, -0.1) is 0 Å². The molecule has 2 N–H and O–H groups in total. The van der Waals surface area contributed by atoms with Crippen LogP contribution in [-0.2, 0) is 6.42 Å². The fourth-order valence-electron chi connectivity index (χ4n) is 3.59. The fraction of sp³-hybridized carbons (Fsp3) is 0.667. The molecule has 1 aromatic rings. The van der Waals surface area contributed by atoms with Gasteiger partial charge < -0.3 is 15.2 Å². The van der Waals surface area contributed by atoms with Gasteiger partial charge in [0.05, 0.1) is 5.60 Å². The van der Waals surface area contributed by atoms with Crippen LogP contribution in [0.25, 0.3) is 0 Å². The van der Waals surface area contributed by atoms with E-state index in [-0.39, 0.29) is 6.10 Å². The predicted octanol–water partition coefficient (Wildman–Crippen LogP) is 2.97. The Morgan fingerprint density at radius 2 is 2.00 bits per heavy atom. The van der Waals surface area contributed by atoms with Gasteiger partial charge in [-0.3, -0.25) is 0 Å². The fourth-order valence-corrected chi connectivity index (χ4v) is 3.59. The summed E-state index contributed by atoms with van der Waals surface area (Å²) in [5.74, 6) is 1.03. The molecule has 3 heteroatoms. The zero-order valence-corrected chi connectivity index (χ0v) is 13.0. The molecule has 3 nitrogen and oxygen atoms in total. The number of ether oxygens (including phenoxy) is 1. The van der Waals surface area contributed by atoms with Crippen molar-refractivity contribution in [3.8, 4) is 5.75 Å². The van der Waals surface area contributed by atoms with E-state index in [9.17, 15) is 5.11 Å². The summed E-state index contributed by atoms with van der Waals surface area (Å²) in [6.07, 6.45) is 7.89. The lowest BCUT2D eigenvalue weighted by Crippen LogP contribution is -2.43. The SMILES string of the molecule is Cc1ccc2c(c1)CC(CNCC1(O)CCCCCC1)O2. The molecule has 1 unspecified atom stereocenters. The molecule has 0 amide bonds. The van der Waals surface area contributed by atoms with Gasteiger partial charge in [0.25, 0.3) is 0 Å². The van der Waals surface area contributed by atoms with Crippen molar-refractivity contribution >= 4 is 0 Å². The van der Waals surface area contributed by atoms with Crippen LogP contribution in [0.4, 0.5) is 0 Å². The molecule has 1 atom stereocenters. The van der Waals surface area contributed by atoms with E-state index in [0.29, 0.717) is 6.54 Å². The van der Waals surface area contributed by atoms with E-state index in [1.165, 1.54) is 24.0 Å². The molecule has 1 aromatic carbocycles. The first-order chi connectivity index (χ1) is 10.1. The van der Waals surface area contributed by atoms with Gasteiger partial charge in [0.15, 0.2) is 0 Å². The molecule has 21 heavy (non-hydrogen) atoms. The first-order valence-electron chi connectivity index (χ1n) is 8.34. The summed E-state index contributed by atoms with van der Waals surface area (Å²) in [6.45, 7) is 3.63. The van der Waals surface area contributed by atoms with Crippen LogP contribution in [0.1, 0.15) is 49.7 Å². The predicted molar refractivity (Wildman–Crippen MR) is 84.8 cm³/mol. The quantitative estimate of drug-likeness (QED) is 0.837. The van der Waals surface area contributed by atoms with Crippen molar-refractivity contribution < 1.29 is 9.84 Å². The van der Waals surface area contributed by atoms with Gasteiger partial charge in [-0.2, -0.15) is 0 Å². The Morgan fingerprint density at radius 1 is 1.24 bits per heavy atom. The molecule has 2 aliphatic rings. The minimum Gasteiger partial charge on any atom is -0.488 e. The zero-order valence-electron chi connectivity index (χ0n) is 13.0. The Kier molecular flexibility index (Phi) is 4.51. The van der Waals surface area contributed by atoms with Gasteiger partial charge in [0.2, 0.25) is 0 Å². The lowest BCUT2D eigenvalue weighted by Gasteiger charge is -2.27. The first-order valence-corrected chi connectivity index (χ1v) is 8.34. The van der Waals surface area contributed by atoms with Crippen LogP contribution in [-0.4, -0.2) is 29.9 Å². The van der Waals surface area contributed by atoms with Crippen molar-refractivity contribution in [1.29, 1.82) is 0 Å². The van der Waals surface area contributed by atoms with Crippen LogP contribution in [0.5, 0.6) is 5.75 Å². The minimum absolute atomic E-state index is 0.205. The maximum Gasteiger partial charge on any atom is 0.123 e. The molecule has 1 aliphatic heterocycles. The van der Waals surface area contributed by atoms with E-state index in [1.807, 2.05) is 0 Å². The second-order valence-electron chi connectivity index (χ2n) is 6.82. The van der Waals surface area contributed by atoms with Gasteiger partial charge in [-0.05, 0) is 31.4 Å². The molecule has 1 fully saturated rings. The molecule has 1 saturated carbocycles. The maximum absolute atomic E-state index is 10.6. The monoisotopic (exact) mass is 289 g/mol. The number of hydrogen-bond acceptors (Lipinski definition) is 3. The van der Waals surface area contributed by atoms with Crippen molar-refractivity contribution in [2.75, 3.05) is 13.1 Å². The summed E-state index contributed by atoms with van der Waals surface area (Å²) < 4.78 is 5.96. The highest BCUT2D eigenvalue weighted by atomic mass is 16.5. The molecule has 116 valence electrons. The summed E-state index contributed by atoms with van der Waals surface area (Å²) in [5.41, 5.74) is 2.10. The van der Waals surface area contributed by atoms with Crippen LogP contribution in [0.15, 0.2) is 18.2 Å². The third kappa shape index (κ3) is 3.78. The highest BCUT2D eigenvalue weighted by Gasteiger charge is 2.28. The molecule has 1 aliphatic carbocycles. The Bertz CT molecular complexity index is 478. The van der Waals surface area contributed by atoms with E-state index in [4.69, 9.17) is 4.74 Å². The highest BCUT2D eigenvalue weighted by Crippen LogP contribution is 2.30. The van der Waals surface area contributed by atoms with Crippen molar-refractivity contribution in [3.05, 3.63) is 29.3 Å². The smallest absolute Gasteiger partial charge is 0.123 e. The van der Waals surface area contributed by atoms with E-state index in [1.54, 1.807) is 0 Å². The van der Waals surface area contributed by atoms with E-state index >= 15 is 0 Å². The van der Waals surface area contributed by atoms with Gasteiger partial charge in [-0.25, -0.2) is 0 Å². The van der Waals surface area contributed by atoms with E-state index < -0.39 is 5.60 Å². The molecule has 1 heterocycles. The average molecular weight is 289 g/mol. The minimum atomic E-state index is -0.501. The van der Waals surface area contributed by atoms with Crippen molar-refractivity contribution in [3.63, 3.8) is 0 Å². The molecule has 3 rings (SSSR count). The molecule has 0 saturated heterocycles. The lowest BCUT2D eigenvalue weighted by molar-refractivity contribution is 0.0235. The summed E-state index contributed by atoms with van der Waals surface area (Å²) in [4.78, 5) is 0.